The Morgan fingerprint density at radius 2 is 1.53 bits per heavy atom. The maximum Gasteiger partial charge on any atom is 0.0642 e. The molecule has 19 heavy (non-hydrogen) atoms. The summed E-state index contributed by atoms with van der Waals surface area (Å²) in [6.07, 6.45) is 5.96. The fourth-order valence-electron chi connectivity index (χ4n) is 3.05. The van der Waals surface area contributed by atoms with Crippen LogP contribution in [0.4, 0.5) is 0 Å². The quantitative estimate of drug-likeness (QED) is 0.754. The van der Waals surface area contributed by atoms with Gasteiger partial charge in [-0.1, -0.05) is 13.0 Å². The maximum absolute atomic E-state index is 5.45. The van der Waals surface area contributed by atoms with E-state index in [-0.39, 0.29) is 0 Å². The Hall–Kier alpha value is -1.00. The van der Waals surface area contributed by atoms with Crippen LogP contribution in [0.2, 0.25) is 0 Å². The Bertz CT molecular complexity index is 366. The van der Waals surface area contributed by atoms with Gasteiger partial charge in [-0.15, -0.1) is 0 Å². The monoisotopic (exact) mass is 264 g/mol. The fraction of sp³-hybridized carbons (Fsp3) is 0.733. The molecule has 0 aromatic heterocycles. The molecule has 106 valence electrons. The molecular weight excluding hydrogens is 240 g/mol. The van der Waals surface area contributed by atoms with Crippen molar-refractivity contribution in [3.05, 3.63) is 23.5 Å². The first kappa shape index (κ1) is 13.0. The second kappa shape index (κ2) is 5.97. The molecule has 0 aromatic carbocycles. The summed E-state index contributed by atoms with van der Waals surface area (Å²) in [5.74, 6) is 0.626. The van der Waals surface area contributed by atoms with Gasteiger partial charge in [0.25, 0.3) is 0 Å². The Labute approximate surface area is 115 Å². The van der Waals surface area contributed by atoms with Crippen molar-refractivity contribution in [2.45, 2.75) is 13.3 Å². The van der Waals surface area contributed by atoms with E-state index in [1.165, 1.54) is 11.4 Å². The molecule has 4 heteroatoms. The van der Waals surface area contributed by atoms with E-state index in [9.17, 15) is 0 Å². The predicted octanol–water partition coefficient (Wildman–Crippen LogP) is 1.46. The van der Waals surface area contributed by atoms with Crippen molar-refractivity contribution in [3.63, 3.8) is 0 Å². The van der Waals surface area contributed by atoms with Crippen LogP contribution in [0.3, 0.4) is 0 Å². The minimum Gasteiger partial charge on any atom is -0.378 e. The van der Waals surface area contributed by atoms with Gasteiger partial charge >= 0.3 is 0 Å². The lowest BCUT2D eigenvalue weighted by Gasteiger charge is -2.37. The van der Waals surface area contributed by atoms with Crippen molar-refractivity contribution in [1.29, 1.82) is 0 Å². The molecule has 2 aliphatic heterocycles. The summed E-state index contributed by atoms with van der Waals surface area (Å²) in [5, 5.41) is 0. The summed E-state index contributed by atoms with van der Waals surface area (Å²) in [6.45, 7) is 9.86. The zero-order valence-electron chi connectivity index (χ0n) is 11.8. The molecule has 2 saturated heterocycles. The summed E-state index contributed by atoms with van der Waals surface area (Å²) in [7, 11) is 0. The Morgan fingerprint density at radius 1 is 0.947 bits per heavy atom. The summed E-state index contributed by atoms with van der Waals surface area (Å²) >= 11 is 0. The van der Waals surface area contributed by atoms with Gasteiger partial charge in [-0.25, -0.2) is 0 Å². The van der Waals surface area contributed by atoms with Crippen LogP contribution in [0.5, 0.6) is 0 Å². The molecule has 0 amide bonds. The molecule has 1 unspecified atom stereocenters. The molecule has 0 spiro atoms. The second-order valence-electron chi connectivity index (χ2n) is 5.61. The lowest BCUT2D eigenvalue weighted by molar-refractivity contribution is 0.0482. The van der Waals surface area contributed by atoms with Crippen LogP contribution < -0.4 is 0 Å². The number of ether oxygens (including phenoxy) is 2. The Balaban J connectivity index is 1.73. The molecule has 0 aromatic rings. The summed E-state index contributed by atoms with van der Waals surface area (Å²) in [5.41, 5.74) is 2.88. The van der Waals surface area contributed by atoms with Crippen LogP contribution >= 0.6 is 0 Å². The SMILES string of the molecule is CC1C=C(N2CCOCC2)C=C(N2CCOCC2)C1. The zero-order chi connectivity index (χ0) is 13.1. The number of morpholine rings is 2. The molecule has 3 rings (SSSR count). The highest BCUT2D eigenvalue weighted by Gasteiger charge is 2.22. The van der Waals surface area contributed by atoms with Gasteiger partial charge in [0.15, 0.2) is 0 Å². The van der Waals surface area contributed by atoms with Gasteiger partial charge in [0.05, 0.1) is 26.4 Å². The maximum atomic E-state index is 5.45. The van der Waals surface area contributed by atoms with Crippen LogP contribution in [0, 0.1) is 5.92 Å². The van der Waals surface area contributed by atoms with Crippen molar-refractivity contribution in [2.75, 3.05) is 52.6 Å². The third-order valence-corrected chi connectivity index (χ3v) is 4.09. The first-order valence-electron chi connectivity index (χ1n) is 7.41. The molecular formula is C15H24N2O2. The van der Waals surface area contributed by atoms with Gasteiger partial charge in [0, 0.05) is 37.6 Å². The van der Waals surface area contributed by atoms with Crippen LogP contribution in [-0.2, 0) is 9.47 Å². The third kappa shape index (κ3) is 3.12. The third-order valence-electron chi connectivity index (χ3n) is 4.09. The van der Waals surface area contributed by atoms with Gasteiger partial charge < -0.3 is 19.3 Å². The highest BCUT2D eigenvalue weighted by atomic mass is 16.5. The average molecular weight is 264 g/mol. The Morgan fingerprint density at radius 3 is 2.16 bits per heavy atom. The first-order valence-corrected chi connectivity index (χ1v) is 7.41. The van der Waals surface area contributed by atoms with Crippen LogP contribution in [0.25, 0.3) is 0 Å². The molecule has 2 fully saturated rings. The van der Waals surface area contributed by atoms with E-state index in [4.69, 9.17) is 9.47 Å². The standard InChI is InChI=1S/C15H24N2O2/c1-13-10-14(16-2-6-18-7-3-16)12-15(11-13)17-4-8-19-9-5-17/h10,12-13H,2-9,11H2,1H3. The molecule has 4 nitrogen and oxygen atoms in total. The van der Waals surface area contributed by atoms with Gasteiger partial charge in [-0.05, 0) is 18.4 Å². The molecule has 1 atom stereocenters. The lowest BCUT2D eigenvalue weighted by Crippen LogP contribution is -2.39. The molecule has 1 aliphatic carbocycles. The largest absolute Gasteiger partial charge is 0.378 e. The van der Waals surface area contributed by atoms with Crippen LogP contribution in [0.1, 0.15) is 13.3 Å². The van der Waals surface area contributed by atoms with Crippen molar-refractivity contribution in [3.8, 4) is 0 Å². The minimum absolute atomic E-state index is 0.626. The Kier molecular flexibility index (Phi) is 4.09. The zero-order valence-corrected chi connectivity index (χ0v) is 11.8. The summed E-state index contributed by atoms with van der Waals surface area (Å²) in [6, 6.07) is 0. The highest BCUT2D eigenvalue weighted by molar-refractivity contribution is 5.28. The van der Waals surface area contributed by atoms with E-state index in [0.29, 0.717) is 5.92 Å². The summed E-state index contributed by atoms with van der Waals surface area (Å²) < 4.78 is 10.9. The minimum atomic E-state index is 0.626. The smallest absolute Gasteiger partial charge is 0.0642 e. The average Bonchev–Trinajstić information content (AvgIpc) is 2.48. The van der Waals surface area contributed by atoms with Gasteiger partial charge in [-0.3, -0.25) is 0 Å². The van der Waals surface area contributed by atoms with Gasteiger partial charge in [-0.2, -0.15) is 0 Å². The van der Waals surface area contributed by atoms with E-state index in [2.05, 4.69) is 28.9 Å². The fourth-order valence-corrected chi connectivity index (χ4v) is 3.05. The lowest BCUT2D eigenvalue weighted by atomic mass is 9.96. The van der Waals surface area contributed by atoms with Crippen molar-refractivity contribution >= 4 is 0 Å². The summed E-state index contributed by atoms with van der Waals surface area (Å²) in [4.78, 5) is 4.95. The molecule has 2 heterocycles. The number of rotatable bonds is 2. The number of hydrogen-bond acceptors (Lipinski definition) is 4. The van der Waals surface area contributed by atoms with E-state index >= 15 is 0 Å². The first-order chi connectivity index (χ1) is 9.33. The van der Waals surface area contributed by atoms with E-state index in [1.54, 1.807) is 0 Å². The molecule has 0 radical (unpaired) electrons. The van der Waals surface area contributed by atoms with Crippen LogP contribution in [-0.4, -0.2) is 62.4 Å². The van der Waals surface area contributed by atoms with Gasteiger partial charge in [0.2, 0.25) is 0 Å². The predicted molar refractivity (Wildman–Crippen MR) is 74.7 cm³/mol. The number of hydrogen-bond donors (Lipinski definition) is 0. The van der Waals surface area contributed by atoms with E-state index in [0.717, 1.165) is 59.0 Å². The van der Waals surface area contributed by atoms with Crippen molar-refractivity contribution in [1.82, 2.24) is 9.80 Å². The highest BCUT2D eigenvalue weighted by Crippen LogP contribution is 2.27. The second-order valence-corrected chi connectivity index (χ2v) is 5.61. The molecule has 0 N–H and O–H groups in total. The van der Waals surface area contributed by atoms with Gasteiger partial charge in [0.1, 0.15) is 0 Å². The topological polar surface area (TPSA) is 24.9 Å². The van der Waals surface area contributed by atoms with Crippen molar-refractivity contribution < 1.29 is 9.47 Å². The number of nitrogens with zero attached hydrogens (tertiary/aromatic N) is 2. The van der Waals surface area contributed by atoms with Crippen LogP contribution in [0.15, 0.2) is 23.5 Å². The van der Waals surface area contributed by atoms with E-state index < -0.39 is 0 Å². The van der Waals surface area contributed by atoms with E-state index in [1.807, 2.05) is 0 Å². The van der Waals surface area contributed by atoms with Crippen molar-refractivity contribution in [2.24, 2.45) is 5.92 Å². The molecule has 0 bridgehead atoms. The number of allylic oxidation sites excluding steroid dienone is 3. The normalized spacial score (nSPS) is 29.0. The molecule has 0 saturated carbocycles. The molecule has 3 aliphatic rings.